The largest absolute Gasteiger partial charge is 0.493 e. The molecule has 1 fully saturated rings. The molecule has 3 rings (SSSR count). The fourth-order valence-electron chi connectivity index (χ4n) is 2.91. The lowest BCUT2D eigenvalue weighted by Gasteiger charge is -2.19. The van der Waals surface area contributed by atoms with Gasteiger partial charge >= 0.3 is 0 Å². The quantitative estimate of drug-likeness (QED) is 0.923. The molecule has 110 valence electrons. The molecule has 1 atom stereocenters. The van der Waals surface area contributed by atoms with Crippen LogP contribution in [0.4, 0.5) is 4.39 Å². The van der Waals surface area contributed by atoms with E-state index >= 15 is 0 Å². The molecule has 1 aromatic carbocycles. The smallest absolute Gasteiger partial charge is 0.169 e. The van der Waals surface area contributed by atoms with Gasteiger partial charge < -0.3 is 19.5 Å². The van der Waals surface area contributed by atoms with E-state index in [2.05, 4.69) is 5.32 Å². The molecule has 1 aromatic rings. The molecule has 2 aliphatic heterocycles. The van der Waals surface area contributed by atoms with Crippen molar-refractivity contribution in [1.29, 1.82) is 0 Å². The fraction of sp³-hybridized carbons (Fsp3) is 0.600. The first-order valence-corrected chi connectivity index (χ1v) is 7.18. The molecule has 2 heterocycles. The third kappa shape index (κ3) is 2.54. The first kappa shape index (κ1) is 13.5. The molecule has 1 saturated heterocycles. The summed E-state index contributed by atoms with van der Waals surface area (Å²) >= 11 is 0. The van der Waals surface area contributed by atoms with Crippen LogP contribution >= 0.6 is 0 Å². The number of benzene rings is 1. The number of hydrogen-bond acceptors (Lipinski definition) is 4. The number of hydrogen-bond donors (Lipinski definition) is 1. The van der Waals surface area contributed by atoms with Gasteiger partial charge in [-0.2, -0.15) is 0 Å². The van der Waals surface area contributed by atoms with Crippen LogP contribution in [0.2, 0.25) is 0 Å². The Kier molecular flexibility index (Phi) is 3.96. The van der Waals surface area contributed by atoms with Crippen LogP contribution < -0.4 is 19.5 Å². The molecule has 4 nitrogen and oxygen atoms in total. The van der Waals surface area contributed by atoms with Crippen LogP contribution in [0.25, 0.3) is 0 Å². The van der Waals surface area contributed by atoms with Gasteiger partial charge in [-0.3, -0.25) is 0 Å². The Morgan fingerprint density at radius 2 is 2.20 bits per heavy atom. The standard InChI is InChI=1S/C15H20FNO3/c1-18-14-11(8-10-4-2-5-17-10)15-13(9-12(14)16)19-6-3-7-20-15/h9-10,17H,2-8H2,1H3. The van der Waals surface area contributed by atoms with E-state index in [1.807, 2.05) is 0 Å². The van der Waals surface area contributed by atoms with Crippen LogP contribution in [0, 0.1) is 5.82 Å². The Bertz CT molecular complexity index is 486. The summed E-state index contributed by atoms with van der Waals surface area (Å²) in [5, 5.41) is 3.42. The van der Waals surface area contributed by atoms with Gasteiger partial charge in [0.05, 0.1) is 20.3 Å². The van der Waals surface area contributed by atoms with E-state index in [1.54, 1.807) is 0 Å². The van der Waals surface area contributed by atoms with Gasteiger partial charge in [0.1, 0.15) is 0 Å². The summed E-state index contributed by atoms with van der Waals surface area (Å²) in [6.45, 7) is 2.16. The highest BCUT2D eigenvalue weighted by Gasteiger charge is 2.26. The molecular weight excluding hydrogens is 261 g/mol. The Morgan fingerprint density at radius 3 is 2.95 bits per heavy atom. The lowest BCUT2D eigenvalue weighted by molar-refractivity contribution is 0.295. The molecule has 0 amide bonds. The average molecular weight is 281 g/mol. The molecule has 0 aliphatic carbocycles. The van der Waals surface area contributed by atoms with Crippen molar-refractivity contribution in [2.24, 2.45) is 0 Å². The molecule has 0 radical (unpaired) electrons. The predicted octanol–water partition coefficient (Wildman–Crippen LogP) is 2.29. The number of rotatable bonds is 3. The van der Waals surface area contributed by atoms with E-state index in [0.29, 0.717) is 37.2 Å². The second-order valence-electron chi connectivity index (χ2n) is 5.25. The first-order valence-electron chi connectivity index (χ1n) is 7.18. The zero-order valence-electron chi connectivity index (χ0n) is 11.7. The van der Waals surface area contributed by atoms with E-state index in [9.17, 15) is 4.39 Å². The fourth-order valence-corrected chi connectivity index (χ4v) is 2.91. The van der Waals surface area contributed by atoms with Gasteiger partial charge in [-0.25, -0.2) is 4.39 Å². The summed E-state index contributed by atoms with van der Waals surface area (Å²) < 4.78 is 30.8. The molecule has 20 heavy (non-hydrogen) atoms. The van der Waals surface area contributed by atoms with Crippen molar-refractivity contribution in [2.75, 3.05) is 26.9 Å². The van der Waals surface area contributed by atoms with Crippen molar-refractivity contribution in [3.63, 3.8) is 0 Å². The lowest BCUT2D eigenvalue weighted by Crippen LogP contribution is -2.24. The molecule has 0 spiro atoms. The second-order valence-corrected chi connectivity index (χ2v) is 5.25. The SMILES string of the molecule is COc1c(F)cc2c(c1CC1CCCN1)OCCCO2. The summed E-state index contributed by atoms with van der Waals surface area (Å²) in [5.74, 6) is 1.04. The third-order valence-electron chi connectivity index (χ3n) is 3.86. The van der Waals surface area contributed by atoms with Crippen LogP contribution in [0.1, 0.15) is 24.8 Å². The molecule has 0 bridgehead atoms. The number of halogens is 1. The van der Waals surface area contributed by atoms with E-state index in [-0.39, 0.29) is 11.6 Å². The third-order valence-corrected chi connectivity index (χ3v) is 3.86. The van der Waals surface area contributed by atoms with Crippen molar-refractivity contribution in [1.82, 2.24) is 5.32 Å². The summed E-state index contributed by atoms with van der Waals surface area (Å²) in [5.41, 5.74) is 0.781. The van der Waals surface area contributed by atoms with E-state index < -0.39 is 0 Å². The Balaban J connectivity index is 2.00. The Labute approximate surface area is 118 Å². The molecule has 1 unspecified atom stereocenters. The Hall–Kier alpha value is -1.49. The van der Waals surface area contributed by atoms with Crippen molar-refractivity contribution in [3.05, 3.63) is 17.4 Å². The second kappa shape index (κ2) is 5.87. The van der Waals surface area contributed by atoms with E-state index in [0.717, 1.165) is 31.4 Å². The van der Waals surface area contributed by atoms with Crippen LogP contribution in [-0.2, 0) is 6.42 Å². The minimum Gasteiger partial charge on any atom is -0.493 e. The summed E-state index contributed by atoms with van der Waals surface area (Å²) in [6.07, 6.45) is 3.75. The number of nitrogens with one attached hydrogen (secondary N) is 1. The molecule has 0 saturated carbocycles. The maximum atomic E-state index is 14.2. The zero-order valence-corrected chi connectivity index (χ0v) is 11.7. The van der Waals surface area contributed by atoms with Crippen molar-refractivity contribution >= 4 is 0 Å². The summed E-state index contributed by atoms with van der Waals surface area (Å²) in [7, 11) is 1.49. The maximum Gasteiger partial charge on any atom is 0.169 e. The van der Waals surface area contributed by atoms with Gasteiger partial charge in [-0.1, -0.05) is 0 Å². The van der Waals surface area contributed by atoms with Gasteiger partial charge in [0.25, 0.3) is 0 Å². The van der Waals surface area contributed by atoms with Gasteiger partial charge in [-0.05, 0) is 25.8 Å². The monoisotopic (exact) mass is 281 g/mol. The van der Waals surface area contributed by atoms with Gasteiger partial charge in [-0.15, -0.1) is 0 Å². The van der Waals surface area contributed by atoms with Crippen LogP contribution in [0.15, 0.2) is 6.07 Å². The number of ether oxygens (including phenoxy) is 3. The van der Waals surface area contributed by atoms with Crippen molar-refractivity contribution < 1.29 is 18.6 Å². The van der Waals surface area contributed by atoms with Crippen molar-refractivity contribution in [3.8, 4) is 17.2 Å². The molecule has 1 N–H and O–H groups in total. The topological polar surface area (TPSA) is 39.7 Å². The van der Waals surface area contributed by atoms with Crippen LogP contribution in [0.5, 0.6) is 17.2 Å². The lowest BCUT2D eigenvalue weighted by atomic mass is 10.0. The Morgan fingerprint density at radius 1 is 1.35 bits per heavy atom. The number of fused-ring (bicyclic) bond motifs is 1. The molecular formula is C15H20FNO3. The van der Waals surface area contributed by atoms with Crippen LogP contribution in [-0.4, -0.2) is 32.9 Å². The zero-order chi connectivity index (χ0) is 13.9. The van der Waals surface area contributed by atoms with Gasteiger partial charge in [0.2, 0.25) is 0 Å². The predicted molar refractivity (Wildman–Crippen MR) is 73.3 cm³/mol. The minimum atomic E-state index is -0.384. The van der Waals surface area contributed by atoms with Gasteiger partial charge in [0.15, 0.2) is 23.1 Å². The number of methoxy groups -OCH3 is 1. The first-order chi connectivity index (χ1) is 9.79. The highest BCUT2D eigenvalue weighted by atomic mass is 19.1. The summed E-state index contributed by atoms with van der Waals surface area (Å²) in [4.78, 5) is 0. The molecule has 0 aromatic heterocycles. The minimum absolute atomic E-state index is 0.281. The van der Waals surface area contributed by atoms with E-state index in [1.165, 1.54) is 13.2 Å². The summed E-state index contributed by atoms with van der Waals surface area (Å²) in [6, 6.07) is 1.71. The highest BCUT2D eigenvalue weighted by Crippen LogP contribution is 2.42. The normalized spacial score (nSPS) is 21.6. The average Bonchev–Trinajstić information content (AvgIpc) is 2.83. The molecule has 5 heteroatoms. The maximum absolute atomic E-state index is 14.2. The highest BCUT2D eigenvalue weighted by molar-refractivity contribution is 5.55. The van der Waals surface area contributed by atoms with Gasteiger partial charge in [0, 0.05) is 24.1 Å². The molecule has 2 aliphatic rings. The van der Waals surface area contributed by atoms with E-state index in [4.69, 9.17) is 14.2 Å². The van der Waals surface area contributed by atoms with Crippen LogP contribution in [0.3, 0.4) is 0 Å². The van der Waals surface area contributed by atoms with Crippen molar-refractivity contribution in [2.45, 2.75) is 31.7 Å².